The molecular weight excluding hydrogens is 296 g/mol. The van der Waals surface area contributed by atoms with Gasteiger partial charge in [0.2, 0.25) is 5.91 Å². The number of nitrogens with zero attached hydrogens (tertiary/aromatic N) is 1. The fraction of sp³-hybridized carbons (Fsp3) is 0.529. The second-order valence-electron chi connectivity index (χ2n) is 5.93. The number of hydrogen-bond acceptors (Lipinski definition) is 4. The van der Waals surface area contributed by atoms with Crippen molar-refractivity contribution < 1.29 is 19.4 Å². The van der Waals surface area contributed by atoms with Gasteiger partial charge in [0.1, 0.15) is 5.75 Å². The number of carbonyl (C=O) groups is 2. The van der Waals surface area contributed by atoms with Gasteiger partial charge in [0.05, 0.1) is 13.7 Å². The standard InChI is InChI=1S/C17H24N2O4/c1-13(20)19-10-4-8-17(22,12-19)16(21)18-9-7-14-5-3-6-15(11-14)23-2/h3,5-6,11,22H,4,7-10,12H2,1-2H3,(H,18,21). The maximum atomic E-state index is 12.3. The predicted molar refractivity (Wildman–Crippen MR) is 86.1 cm³/mol. The molecule has 2 amide bonds. The Labute approximate surface area is 136 Å². The van der Waals surface area contributed by atoms with Crippen LogP contribution in [0.25, 0.3) is 0 Å². The zero-order chi connectivity index (χ0) is 16.9. The Kier molecular flexibility index (Phi) is 5.60. The molecule has 0 saturated carbocycles. The lowest BCUT2D eigenvalue weighted by Crippen LogP contribution is -2.58. The summed E-state index contributed by atoms with van der Waals surface area (Å²) in [4.78, 5) is 25.2. The number of nitrogens with one attached hydrogen (secondary N) is 1. The van der Waals surface area contributed by atoms with Crippen molar-refractivity contribution in [1.29, 1.82) is 0 Å². The minimum absolute atomic E-state index is 0.0628. The van der Waals surface area contributed by atoms with Crippen molar-refractivity contribution in [3.63, 3.8) is 0 Å². The lowest BCUT2D eigenvalue weighted by Gasteiger charge is -2.37. The van der Waals surface area contributed by atoms with Gasteiger partial charge in [-0.05, 0) is 37.0 Å². The molecule has 1 atom stereocenters. The third-order valence-electron chi connectivity index (χ3n) is 4.17. The molecule has 1 aromatic rings. The lowest BCUT2D eigenvalue weighted by atomic mass is 9.91. The van der Waals surface area contributed by atoms with E-state index in [1.807, 2.05) is 24.3 Å². The molecule has 0 radical (unpaired) electrons. The third kappa shape index (κ3) is 4.45. The second-order valence-corrected chi connectivity index (χ2v) is 5.93. The fourth-order valence-electron chi connectivity index (χ4n) is 2.80. The summed E-state index contributed by atoms with van der Waals surface area (Å²) in [6.07, 6.45) is 1.65. The number of rotatable bonds is 5. The summed E-state index contributed by atoms with van der Waals surface area (Å²) >= 11 is 0. The van der Waals surface area contributed by atoms with E-state index in [0.29, 0.717) is 32.4 Å². The van der Waals surface area contributed by atoms with Crippen molar-refractivity contribution in [3.05, 3.63) is 29.8 Å². The first-order valence-corrected chi connectivity index (χ1v) is 7.84. The van der Waals surface area contributed by atoms with Gasteiger partial charge in [-0.1, -0.05) is 12.1 Å². The topological polar surface area (TPSA) is 78.9 Å². The molecule has 1 heterocycles. The van der Waals surface area contributed by atoms with E-state index >= 15 is 0 Å². The average Bonchev–Trinajstić information content (AvgIpc) is 2.55. The van der Waals surface area contributed by atoms with Crippen molar-refractivity contribution in [1.82, 2.24) is 10.2 Å². The normalized spacial score (nSPS) is 20.9. The van der Waals surface area contributed by atoms with Crippen molar-refractivity contribution in [2.24, 2.45) is 0 Å². The molecule has 2 rings (SSSR count). The van der Waals surface area contributed by atoms with Crippen LogP contribution in [0.15, 0.2) is 24.3 Å². The Balaban J connectivity index is 1.87. The van der Waals surface area contributed by atoms with Crippen LogP contribution in [0.5, 0.6) is 5.75 Å². The predicted octanol–water partition coefficient (Wildman–Crippen LogP) is 0.727. The highest BCUT2D eigenvalue weighted by atomic mass is 16.5. The molecule has 1 aliphatic heterocycles. The maximum absolute atomic E-state index is 12.3. The molecular formula is C17H24N2O4. The van der Waals surface area contributed by atoms with E-state index in [9.17, 15) is 14.7 Å². The van der Waals surface area contributed by atoms with Gasteiger partial charge in [-0.3, -0.25) is 9.59 Å². The molecule has 1 unspecified atom stereocenters. The zero-order valence-electron chi connectivity index (χ0n) is 13.7. The first kappa shape index (κ1) is 17.3. The Bertz CT molecular complexity index is 575. The maximum Gasteiger partial charge on any atom is 0.253 e. The molecule has 6 nitrogen and oxygen atoms in total. The molecule has 126 valence electrons. The highest BCUT2D eigenvalue weighted by molar-refractivity contribution is 5.86. The second kappa shape index (κ2) is 7.46. The zero-order valence-corrected chi connectivity index (χ0v) is 13.7. The van der Waals surface area contributed by atoms with Crippen LogP contribution >= 0.6 is 0 Å². The molecule has 1 fully saturated rings. The number of hydrogen-bond donors (Lipinski definition) is 2. The summed E-state index contributed by atoms with van der Waals surface area (Å²) in [5.41, 5.74) is -0.441. The van der Waals surface area contributed by atoms with Crippen molar-refractivity contribution in [2.45, 2.75) is 31.8 Å². The number of benzene rings is 1. The average molecular weight is 320 g/mol. The number of amides is 2. The largest absolute Gasteiger partial charge is 0.497 e. The van der Waals surface area contributed by atoms with E-state index in [4.69, 9.17) is 4.74 Å². The first-order valence-electron chi connectivity index (χ1n) is 7.84. The van der Waals surface area contributed by atoms with Crippen LogP contribution in [0.1, 0.15) is 25.3 Å². The van der Waals surface area contributed by atoms with E-state index in [0.717, 1.165) is 11.3 Å². The molecule has 0 aromatic heterocycles. The van der Waals surface area contributed by atoms with E-state index in [1.54, 1.807) is 7.11 Å². The van der Waals surface area contributed by atoms with Gasteiger partial charge in [-0.15, -0.1) is 0 Å². The van der Waals surface area contributed by atoms with Gasteiger partial charge >= 0.3 is 0 Å². The summed E-state index contributed by atoms with van der Waals surface area (Å²) < 4.78 is 5.16. The SMILES string of the molecule is COc1cccc(CCNC(=O)C2(O)CCCN(C(C)=O)C2)c1. The Morgan fingerprint density at radius 1 is 1.43 bits per heavy atom. The number of aliphatic hydroxyl groups is 1. The summed E-state index contributed by atoms with van der Waals surface area (Å²) in [5, 5.41) is 13.3. The van der Waals surface area contributed by atoms with E-state index in [1.165, 1.54) is 11.8 Å². The van der Waals surface area contributed by atoms with Crippen LogP contribution in [0.4, 0.5) is 0 Å². The van der Waals surface area contributed by atoms with Crippen molar-refractivity contribution in [2.75, 3.05) is 26.7 Å². The number of piperidine rings is 1. The van der Waals surface area contributed by atoms with Gasteiger partial charge in [0, 0.05) is 20.0 Å². The highest BCUT2D eigenvalue weighted by Gasteiger charge is 2.40. The van der Waals surface area contributed by atoms with Gasteiger partial charge in [0.15, 0.2) is 5.60 Å². The molecule has 0 spiro atoms. The number of ether oxygens (including phenoxy) is 1. The van der Waals surface area contributed by atoms with Crippen LogP contribution in [0.3, 0.4) is 0 Å². The van der Waals surface area contributed by atoms with Crippen LogP contribution in [0.2, 0.25) is 0 Å². The Hall–Kier alpha value is -2.08. The Morgan fingerprint density at radius 3 is 2.91 bits per heavy atom. The monoisotopic (exact) mass is 320 g/mol. The molecule has 1 saturated heterocycles. The molecule has 1 aromatic carbocycles. The van der Waals surface area contributed by atoms with E-state index < -0.39 is 11.5 Å². The van der Waals surface area contributed by atoms with Crippen molar-refractivity contribution in [3.8, 4) is 5.75 Å². The van der Waals surface area contributed by atoms with E-state index in [-0.39, 0.29) is 12.5 Å². The summed E-state index contributed by atoms with van der Waals surface area (Å²) in [6, 6.07) is 7.64. The molecule has 1 aliphatic rings. The molecule has 0 bridgehead atoms. The first-order chi connectivity index (χ1) is 10.9. The number of carbonyl (C=O) groups excluding carboxylic acids is 2. The summed E-state index contributed by atoms with van der Waals surface area (Å²) in [7, 11) is 1.61. The van der Waals surface area contributed by atoms with Gasteiger partial charge < -0.3 is 20.1 Å². The quantitative estimate of drug-likeness (QED) is 0.838. The van der Waals surface area contributed by atoms with Gasteiger partial charge in [0.25, 0.3) is 5.91 Å². The minimum Gasteiger partial charge on any atom is -0.497 e. The Morgan fingerprint density at radius 2 is 2.22 bits per heavy atom. The molecule has 2 N–H and O–H groups in total. The third-order valence-corrected chi connectivity index (χ3v) is 4.17. The van der Waals surface area contributed by atoms with Crippen molar-refractivity contribution >= 4 is 11.8 Å². The van der Waals surface area contributed by atoms with Crippen LogP contribution in [-0.4, -0.2) is 54.2 Å². The fourth-order valence-corrected chi connectivity index (χ4v) is 2.80. The summed E-state index contributed by atoms with van der Waals surface area (Å²) in [6.45, 7) is 2.53. The van der Waals surface area contributed by atoms with Gasteiger partial charge in [-0.2, -0.15) is 0 Å². The van der Waals surface area contributed by atoms with Crippen LogP contribution in [-0.2, 0) is 16.0 Å². The van der Waals surface area contributed by atoms with Gasteiger partial charge in [-0.25, -0.2) is 0 Å². The van der Waals surface area contributed by atoms with Crippen LogP contribution in [0, 0.1) is 0 Å². The molecule has 0 aliphatic carbocycles. The minimum atomic E-state index is -1.49. The molecule has 23 heavy (non-hydrogen) atoms. The number of methoxy groups -OCH3 is 1. The number of likely N-dealkylation sites (tertiary alicyclic amines) is 1. The molecule has 6 heteroatoms. The lowest BCUT2D eigenvalue weighted by molar-refractivity contribution is -0.150. The van der Waals surface area contributed by atoms with Crippen LogP contribution < -0.4 is 10.1 Å². The highest BCUT2D eigenvalue weighted by Crippen LogP contribution is 2.21. The van der Waals surface area contributed by atoms with E-state index in [2.05, 4.69) is 5.32 Å². The number of β-amino-alcohol motifs (C(OH)–C–C–N with tert-alkyl or cyclic N) is 1. The summed E-state index contributed by atoms with van der Waals surface area (Å²) in [5.74, 6) is 0.246. The smallest absolute Gasteiger partial charge is 0.253 e.